The van der Waals surface area contributed by atoms with Crippen molar-refractivity contribution in [2.24, 2.45) is 7.05 Å². The number of amides is 1. The zero-order valence-electron chi connectivity index (χ0n) is 15.5. The molecule has 0 aliphatic rings. The van der Waals surface area contributed by atoms with Gasteiger partial charge in [-0.3, -0.25) is 14.9 Å². The van der Waals surface area contributed by atoms with E-state index in [9.17, 15) is 14.9 Å². The number of nitrogens with one attached hydrogen (secondary N) is 1. The van der Waals surface area contributed by atoms with E-state index in [2.05, 4.69) is 10.3 Å². The second kappa shape index (κ2) is 8.34. The van der Waals surface area contributed by atoms with Crippen molar-refractivity contribution in [3.63, 3.8) is 0 Å². The van der Waals surface area contributed by atoms with Crippen molar-refractivity contribution in [1.29, 1.82) is 0 Å². The van der Waals surface area contributed by atoms with Crippen LogP contribution in [-0.2, 0) is 11.8 Å². The molecule has 1 heterocycles. The van der Waals surface area contributed by atoms with Crippen LogP contribution in [0.5, 0.6) is 5.75 Å². The van der Waals surface area contributed by atoms with Crippen molar-refractivity contribution < 1.29 is 14.5 Å². The van der Waals surface area contributed by atoms with Gasteiger partial charge in [0.2, 0.25) is 0 Å². The topological polar surface area (TPSA) is 99.3 Å². The van der Waals surface area contributed by atoms with Gasteiger partial charge in [0.05, 0.1) is 4.92 Å². The molecule has 0 radical (unpaired) electrons. The monoisotopic (exact) mass is 380 g/mol. The molecule has 1 atom stereocenters. The maximum Gasteiger partial charge on any atom is 0.310 e. The number of rotatable bonds is 7. The summed E-state index contributed by atoms with van der Waals surface area (Å²) >= 11 is 0. The minimum absolute atomic E-state index is 0.0633. The first-order chi connectivity index (χ1) is 13.5. The van der Waals surface area contributed by atoms with Crippen LogP contribution in [0.3, 0.4) is 0 Å². The van der Waals surface area contributed by atoms with E-state index >= 15 is 0 Å². The molecule has 2 aromatic carbocycles. The van der Waals surface area contributed by atoms with Crippen LogP contribution in [0, 0.1) is 17.0 Å². The molecule has 0 aliphatic heterocycles. The minimum atomic E-state index is -0.534. The summed E-state index contributed by atoms with van der Waals surface area (Å²) in [6.07, 6.45) is 3.45. The van der Waals surface area contributed by atoms with Gasteiger partial charge in [-0.05, 0) is 24.1 Å². The van der Waals surface area contributed by atoms with Crippen molar-refractivity contribution >= 4 is 11.6 Å². The largest absolute Gasteiger partial charge is 0.477 e. The fourth-order valence-electron chi connectivity index (χ4n) is 2.83. The number of aryl methyl sites for hydroxylation is 2. The molecule has 3 rings (SSSR count). The molecule has 8 heteroatoms. The van der Waals surface area contributed by atoms with Crippen molar-refractivity contribution in [1.82, 2.24) is 14.9 Å². The molecule has 1 aromatic heterocycles. The molecule has 3 aromatic rings. The molecule has 1 N–H and O–H groups in total. The fourth-order valence-corrected chi connectivity index (χ4v) is 2.83. The SMILES string of the molecule is Cc1ccc([N+](=O)[O-])c(OCC(=O)N[C@H](c2ccccc2)c2nccn2C)c1. The first kappa shape index (κ1) is 19.1. The van der Waals surface area contributed by atoms with E-state index in [-0.39, 0.29) is 18.0 Å². The van der Waals surface area contributed by atoms with E-state index in [1.54, 1.807) is 31.5 Å². The lowest BCUT2D eigenvalue weighted by atomic mass is 10.1. The van der Waals surface area contributed by atoms with Crippen LogP contribution in [0.4, 0.5) is 5.69 Å². The normalized spacial score (nSPS) is 11.6. The van der Waals surface area contributed by atoms with Crippen LogP contribution in [0.25, 0.3) is 0 Å². The number of nitro groups is 1. The lowest BCUT2D eigenvalue weighted by molar-refractivity contribution is -0.385. The number of carbonyl (C=O) groups excluding carboxylic acids is 1. The van der Waals surface area contributed by atoms with Crippen LogP contribution in [0.1, 0.15) is 23.0 Å². The highest BCUT2D eigenvalue weighted by molar-refractivity contribution is 5.78. The Balaban J connectivity index is 1.76. The Labute approximate surface area is 161 Å². The third kappa shape index (κ3) is 4.35. The maximum atomic E-state index is 12.5. The summed E-state index contributed by atoms with van der Waals surface area (Å²) in [4.78, 5) is 27.5. The Morgan fingerprint density at radius 1 is 1.29 bits per heavy atom. The summed E-state index contributed by atoms with van der Waals surface area (Å²) < 4.78 is 7.27. The van der Waals surface area contributed by atoms with Crippen LogP contribution < -0.4 is 10.1 Å². The Kier molecular flexibility index (Phi) is 5.69. The Bertz CT molecular complexity index is 985. The number of benzene rings is 2. The molecule has 0 spiro atoms. The Morgan fingerprint density at radius 2 is 2.04 bits per heavy atom. The highest BCUT2D eigenvalue weighted by Gasteiger charge is 2.22. The summed E-state index contributed by atoms with van der Waals surface area (Å²) in [5, 5.41) is 14.0. The van der Waals surface area contributed by atoms with E-state index in [0.717, 1.165) is 11.1 Å². The number of ether oxygens (including phenoxy) is 1. The average Bonchev–Trinajstić information content (AvgIpc) is 3.10. The molecule has 0 aliphatic carbocycles. The van der Waals surface area contributed by atoms with Crippen LogP contribution in [0.15, 0.2) is 60.9 Å². The van der Waals surface area contributed by atoms with Gasteiger partial charge in [-0.15, -0.1) is 0 Å². The van der Waals surface area contributed by atoms with Gasteiger partial charge in [0.25, 0.3) is 5.91 Å². The molecule has 28 heavy (non-hydrogen) atoms. The predicted molar refractivity (Wildman–Crippen MR) is 103 cm³/mol. The molecule has 0 saturated carbocycles. The zero-order valence-corrected chi connectivity index (χ0v) is 15.5. The van der Waals surface area contributed by atoms with Crippen LogP contribution in [-0.4, -0.2) is 27.0 Å². The van der Waals surface area contributed by atoms with Gasteiger partial charge in [0.15, 0.2) is 12.4 Å². The van der Waals surface area contributed by atoms with Gasteiger partial charge in [-0.2, -0.15) is 0 Å². The van der Waals surface area contributed by atoms with E-state index in [4.69, 9.17) is 4.74 Å². The fraction of sp³-hybridized carbons (Fsp3) is 0.200. The number of carbonyl (C=O) groups is 1. The Hall–Kier alpha value is -3.68. The third-order valence-electron chi connectivity index (χ3n) is 4.23. The molecule has 0 fully saturated rings. The van der Waals surface area contributed by atoms with Gasteiger partial charge in [0, 0.05) is 25.5 Å². The standard InChI is InChI=1S/C20H20N4O4/c1-14-8-9-16(24(26)27)17(12-14)28-13-18(25)22-19(15-6-4-3-5-7-15)20-21-10-11-23(20)2/h3-12,19H,13H2,1-2H3,(H,22,25)/t19-/m1/s1. The van der Waals surface area contributed by atoms with Crippen LogP contribution in [0.2, 0.25) is 0 Å². The van der Waals surface area contributed by atoms with Crippen molar-refractivity contribution in [3.8, 4) is 5.75 Å². The number of aromatic nitrogens is 2. The molecule has 0 bridgehead atoms. The average molecular weight is 380 g/mol. The second-order valence-electron chi connectivity index (χ2n) is 6.32. The summed E-state index contributed by atoms with van der Waals surface area (Å²) in [6, 6.07) is 13.5. The zero-order chi connectivity index (χ0) is 20.1. The van der Waals surface area contributed by atoms with E-state index in [1.807, 2.05) is 41.9 Å². The lowest BCUT2D eigenvalue weighted by Gasteiger charge is -2.19. The quantitative estimate of drug-likeness (QED) is 0.502. The van der Waals surface area contributed by atoms with Crippen molar-refractivity contribution in [2.75, 3.05) is 6.61 Å². The molecule has 8 nitrogen and oxygen atoms in total. The van der Waals surface area contributed by atoms with Gasteiger partial charge >= 0.3 is 5.69 Å². The van der Waals surface area contributed by atoms with Gasteiger partial charge in [-0.25, -0.2) is 4.98 Å². The molecular formula is C20H20N4O4. The van der Waals surface area contributed by atoms with Gasteiger partial charge in [-0.1, -0.05) is 36.4 Å². The van der Waals surface area contributed by atoms with Crippen molar-refractivity contribution in [3.05, 3.63) is 88.0 Å². The molecular weight excluding hydrogens is 360 g/mol. The Morgan fingerprint density at radius 3 is 2.68 bits per heavy atom. The smallest absolute Gasteiger partial charge is 0.310 e. The van der Waals surface area contributed by atoms with E-state index in [1.165, 1.54) is 6.07 Å². The lowest BCUT2D eigenvalue weighted by Crippen LogP contribution is -2.34. The number of imidazole rings is 1. The number of hydrogen-bond acceptors (Lipinski definition) is 5. The minimum Gasteiger partial charge on any atom is -0.477 e. The highest BCUT2D eigenvalue weighted by atomic mass is 16.6. The molecule has 1 amide bonds. The second-order valence-corrected chi connectivity index (χ2v) is 6.32. The predicted octanol–water partition coefficient (Wildman–Crippen LogP) is 2.92. The number of nitro benzene ring substituents is 1. The molecule has 0 unspecified atom stereocenters. The summed E-state index contributed by atoms with van der Waals surface area (Å²) in [5.41, 5.74) is 1.49. The number of nitrogens with zero attached hydrogens (tertiary/aromatic N) is 3. The highest BCUT2D eigenvalue weighted by Crippen LogP contribution is 2.27. The van der Waals surface area contributed by atoms with Crippen molar-refractivity contribution in [2.45, 2.75) is 13.0 Å². The summed E-state index contributed by atoms with van der Waals surface area (Å²) in [7, 11) is 1.84. The third-order valence-corrected chi connectivity index (χ3v) is 4.23. The first-order valence-electron chi connectivity index (χ1n) is 8.65. The van der Waals surface area contributed by atoms with Crippen LogP contribution >= 0.6 is 0 Å². The first-order valence-corrected chi connectivity index (χ1v) is 8.65. The maximum absolute atomic E-state index is 12.5. The number of hydrogen-bond donors (Lipinski definition) is 1. The van der Waals surface area contributed by atoms with E-state index in [0.29, 0.717) is 5.82 Å². The summed E-state index contributed by atoms with van der Waals surface area (Å²) in [5.74, 6) is 0.321. The summed E-state index contributed by atoms with van der Waals surface area (Å²) in [6.45, 7) is 1.45. The van der Waals surface area contributed by atoms with E-state index < -0.39 is 16.9 Å². The molecule has 0 saturated heterocycles. The molecule has 144 valence electrons. The van der Waals surface area contributed by atoms with Gasteiger partial charge < -0.3 is 14.6 Å². The van der Waals surface area contributed by atoms with Gasteiger partial charge in [0.1, 0.15) is 11.9 Å².